The zero-order valence-electron chi connectivity index (χ0n) is 19.2. The average molecular weight is 663 g/mol. The molecule has 1 N–H and O–H groups in total. The molecular weight excluding hydrogens is 643 g/mol. The Hall–Kier alpha value is -4.27. The summed E-state index contributed by atoms with van der Waals surface area (Å²) >= 11 is 0. The molecule has 4 aromatic rings. The number of carbonyl (C=O) groups excluding carboxylic acids is 2. The zero-order valence-corrected chi connectivity index (χ0v) is 21.6. The van der Waals surface area contributed by atoms with Crippen LogP contribution in [0.4, 0.5) is 0 Å². The Balaban J connectivity index is 0.000000386. The number of nitrogens with zero attached hydrogens (tertiary/aromatic N) is 3. The number of hydrogen-bond donors (Lipinski definition) is 1. The van der Waals surface area contributed by atoms with Gasteiger partial charge in [0.25, 0.3) is 5.97 Å². The fourth-order valence-electron chi connectivity index (χ4n) is 2.93. The van der Waals surface area contributed by atoms with Crippen LogP contribution < -0.4 is 0 Å². The molecule has 2 heterocycles. The van der Waals surface area contributed by atoms with E-state index in [9.17, 15) is 14.4 Å². The summed E-state index contributed by atoms with van der Waals surface area (Å²) in [6.45, 7) is 0. The molecule has 0 saturated carbocycles. The van der Waals surface area contributed by atoms with Crippen LogP contribution in [0.25, 0.3) is 22.5 Å². The number of carboxylic acid groups (broad SMARTS) is 1. The molecule has 4 rings (SSSR count). The maximum Gasteiger partial charge on any atom is 0.354 e. The molecule has 36 heavy (non-hydrogen) atoms. The third-order valence-electron chi connectivity index (χ3n) is 4.65. The molecule has 2 aromatic carbocycles. The van der Waals surface area contributed by atoms with Crippen LogP contribution in [0.1, 0.15) is 31.2 Å². The van der Waals surface area contributed by atoms with Gasteiger partial charge in [-0.25, -0.2) is 14.6 Å². The normalized spacial score (nSPS) is 9.61. The van der Waals surface area contributed by atoms with Gasteiger partial charge in [0.15, 0.2) is 0 Å². The second-order valence-electron chi connectivity index (χ2n) is 6.83. The summed E-state index contributed by atoms with van der Waals surface area (Å²) in [5.74, 6) is -1.82. The van der Waals surface area contributed by atoms with E-state index in [1.807, 2.05) is 0 Å². The zero-order chi connectivity index (χ0) is 25.2. The van der Waals surface area contributed by atoms with Gasteiger partial charge in [0, 0.05) is 44.4 Å². The minimum absolute atomic E-state index is 0. The number of esters is 2. The van der Waals surface area contributed by atoms with Crippen molar-refractivity contribution in [2.45, 2.75) is 0 Å². The van der Waals surface area contributed by atoms with Crippen molar-refractivity contribution in [3.05, 3.63) is 102 Å². The molecule has 1 radical (unpaired) electrons. The molecule has 0 bridgehead atoms. The minimum Gasteiger partial charge on any atom is -0.477 e. The van der Waals surface area contributed by atoms with Gasteiger partial charge in [0.2, 0.25) is 0 Å². The summed E-state index contributed by atoms with van der Waals surface area (Å²) in [6.07, 6.45) is 4.63. The fourth-order valence-corrected chi connectivity index (χ4v) is 2.93. The van der Waals surface area contributed by atoms with E-state index in [0.717, 1.165) is 5.56 Å². The molecule has 0 amide bonds. The Morgan fingerprint density at radius 1 is 0.750 bits per heavy atom. The summed E-state index contributed by atoms with van der Waals surface area (Å²) in [7, 11) is 2.67. The van der Waals surface area contributed by atoms with Crippen LogP contribution >= 0.6 is 0 Å². The van der Waals surface area contributed by atoms with E-state index in [4.69, 9.17) is 9.84 Å². The molecule has 0 saturated heterocycles. The molecule has 0 aliphatic heterocycles. The predicted molar refractivity (Wildman–Crippen MR) is 126 cm³/mol. The first-order chi connectivity index (χ1) is 16.9. The number of methoxy groups -OCH3 is 2. The SMILES string of the molecule is COC(=O)c1c[c-]c(-c2nccnc2-c2ccc(C(=O)OC)cc2)cc1.O=C(O)c1ccccn1.[Ir]. The maximum atomic E-state index is 11.6. The van der Waals surface area contributed by atoms with E-state index >= 15 is 0 Å². The van der Waals surface area contributed by atoms with Crippen LogP contribution in [-0.2, 0) is 29.6 Å². The Kier molecular flexibility index (Phi) is 10.5. The molecule has 10 heteroatoms. The first-order valence-corrected chi connectivity index (χ1v) is 10.2. The average Bonchev–Trinajstić information content (AvgIpc) is 2.93. The van der Waals surface area contributed by atoms with Gasteiger partial charge < -0.3 is 19.6 Å². The van der Waals surface area contributed by atoms with Crippen molar-refractivity contribution in [2.24, 2.45) is 0 Å². The number of aromatic carboxylic acids is 1. The Labute approximate surface area is 220 Å². The van der Waals surface area contributed by atoms with Crippen LogP contribution in [0, 0.1) is 6.07 Å². The van der Waals surface area contributed by atoms with Crippen LogP contribution in [-0.4, -0.2) is 52.2 Å². The van der Waals surface area contributed by atoms with Gasteiger partial charge in [-0.15, -0.1) is 29.8 Å². The Morgan fingerprint density at radius 3 is 1.86 bits per heavy atom. The number of aromatic nitrogens is 3. The van der Waals surface area contributed by atoms with Crippen molar-refractivity contribution >= 4 is 17.9 Å². The van der Waals surface area contributed by atoms with E-state index < -0.39 is 17.9 Å². The second-order valence-corrected chi connectivity index (χ2v) is 6.83. The monoisotopic (exact) mass is 663 g/mol. The number of hydrogen-bond acceptors (Lipinski definition) is 8. The summed E-state index contributed by atoms with van der Waals surface area (Å²) < 4.78 is 9.39. The second kappa shape index (κ2) is 13.6. The number of ether oxygens (including phenoxy) is 2. The molecule has 2 aromatic heterocycles. The van der Waals surface area contributed by atoms with Gasteiger partial charge in [0.05, 0.1) is 25.5 Å². The number of benzene rings is 2. The van der Waals surface area contributed by atoms with E-state index in [1.54, 1.807) is 67.0 Å². The van der Waals surface area contributed by atoms with E-state index in [2.05, 4.69) is 25.8 Å². The number of pyridine rings is 1. The minimum atomic E-state index is -0.990. The smallest absolute Gasteiger partial charge is 0.354 e. The van der Waals surface area contributed by atoms with Crippen LogP contribution in [0.15, 0.2) is 79.3 Å². The van der Waals surface area contributed by atoms with Crippen molar-refractivity contribution in [2.75, 3.05) is 14.2 Å². The third-order valence-corrected chi connectivity index (χ3v) is 4.65. The van der Waals surface area contributed by atoms with Crippen molar-refractivity contribution in [1.29, 1.82) is 0 Å². The maximum absolute atomic E-state index is 11.6. The number of rotatable bonds is 5. The van der Waals surface area contributed by atoms with E-state index in [0.29, 0.717) is 28.1 Å². The van der Waals surface area contributed by atoms with Crippen molar-refractivity contribution in [3.8, 4) is 22.5 Å². The van der Waals surface area contributed by atoms with Gasteiger partial charge in [-0.05, 0) is 35.4 Å². The predicted octanol–water partition coefficient (Wildman–Crippen LogP) is 3.96. The summed E-state index contributed by atoms with van der Waals surface area (Å²) in [5, 5.41) is 8.32. The molecule has 0 unspecified atom stereocenters. The van der Waals surface area contributed by atoms with Crippen LogP contribution in [0.2, 0.25) is 0 Å². The molecule has 0 atom stereocenters. The molecule has 0 spiro atoms. The quantitative estimate of drug-likeness (QED) is 0.250. The first-order valence-electron chi connectivity index (χ1n) is 10.2. The number of carboxylic acids is 1. The molecule has 9 nitrogen and oxygen atoms in total. The van der Waals surface area contributed by atoms with Crippen LogP contribution in [0.3, 0.4) is 0 Å². The molecule has 0 aliphatic rings. The van der Waals surface area contributed by atoms with Gasteiger partial charge in [-0.2, -0.15) is 0 Å². The molecule has 0 aliphatic carbocycles. The van der Waals surface area contributed by atoms with Crippen LogP contribution in [0.5, 0.6) is 0 Å². The van der Waals surface area contributed by atoms with Gasteiger partial charge in [0.1, 0.15) is 5.69 Å². The fraction of sp³-hybridized carbons (Fsp3) is 0.0769. The van der Waals surface area contributed by atoms with Crippen molar-refractivity contribution < 1.29 is 49.1 Å². The Bertz CT molecular complexity index is 1240. The first kappa shape index (κ1) is 28.0. The van der Waals surface area contributed by atoms with Gasteiger partial charge >= 0.3 is 11.9 Å². The van der Waals surface area contributed by atoms with Crippen molar-refractivity contribution in [1.82, 2.24) is 15.0 Å². The molecule has 0 fully saturated rings. The summed E-state index contributed by atoms with van der Waals surface area (Å²) in [4.78, 5) is 45.6. The summed E-state index contributed by atoms with van der Waals surface area (Å²) in [6, 6.07) is 19.6. The molecular formula is C26H20IrN3O6-. The largest absolute Gasteiger partial charge is 0.477 e. The van der Waals surface area contributed by atoms with Gasteiger partial charge in [-0.3, -0.25) is 9.78 Å². The summed E-state index contributed by atoms with van der Waals surface area (Å²) in [5.41, 5.74) is 3.70. The third kappa shape index (κ3) is 7.11. The Morgan fingerprint density at radius 2 is 1.36 bits per heavy atom. The standard InChI is InChI=1S/C20H15N2O4.C6H5NO2.Ir/c1-25-19(23)15-7-3-13(4-8-15)17-18(22-12-11-21-17)14-5-9-16(10-6-14)20(24)26-2;8-6(9)5-3-1-2-4-7-5;/h3-5,7-12H,1-2H3;1-4H,(H,8,9);/q-1;;. The van der Waals surface area contributed by atoms with E-state index in [1.165, 1.54) is 26.5 Å². The van der Waals surface area contributed by atoms with E-state index in [-0.39, 0.29) is 25.8 Å². The molecule has 185 valence electrons. The van der Waals surface area contributed by atoms with Crippen molar-refractivity contribution in [3.63, 3.8) is 0 Å². The number of carbonyl (C=O) groups is 3. The topological polar surface area (TPSA) is 129 Å². The van der Waals surface area contributed by atoms with Gasteiger partial charge in [-0.1, -0.05) is 18.2 Å².